The van der Waals surface area contributed by atoms with E-state index in [1.165, 1.54) is 4.31 Å². The summed E-state index contributed by atoms with van der Waals surface area (Å²) in [4.78, 5) is 24.6. The van der Waals surface area contributed by atoms with Gasteiger partial charge in [-0.1, -0.05) is 6.42 Å². The van der Waals surface area contributed by atoms with Gasteiger partial charge in [-0.25, -0.2) is 13.4 Å². The van der Waals surface area contributed by atoms with E-state index in [4.69, 9.17) is 4.74 Å². The fourth-order valence-electron chi connectivity index (χ4n) is 5.11. The summed E-state index contributed by atoms with van der Waals surface area (Å²) in [5.41, 5.74) is 2.57. The second-order valence-electron chi connectivity index (χ2n) is 9.46. The molecule has 5 rings (SSSR count). The van der Waals surface area contributed by atoms with Crippen LogP contribution in [0.4, 0.5) is 23.1 Å². The van der Waals surface area contributed by atoms with Crippen molar-refractivity contribution in [1.29, 1.82) is 0 Å². The molecule has 0 saturated carbocycles. The third kappa shape index (κ3) is 5.35. The Morgan fingerprint density at radius 2 is 1.94 bits per heavy atom. The van der Waals surface area contributed by atoms with Crippen LogP contribution in [0.5, 0.6) is 0 Å². The molecular weight excluding hydrogens is 468 g/mol. The van der Waals surface area contributed by atoms with Gasteiger partial charge in [-0.2, -0.15) is 4.98 Å². The molecule has 1 amide bonds. The molecule has 3 aliphatic heterocycles. The monoisotopic (exact) mass is 500 g/mol. The summed E-state index contributed by atoms with van der Waals surface area (Å²) in [7, 11) is -3.56. The van der Waals surface area contributed by atoms with Gasteiger partial charge in [0.15, 0.2) is 5.94 Å². The van der Waals surface area contributed by atoms with Crippen molar-refractivity contribution in [1.82, 2.24) is 9.97 Å². The van der Waals surface area contributed by atoms with Crippen LogP contribution in [0.15, 0.2) is 24.3 Å². The Bertz CT molecular complexity index is 1200. The lowest BCUT2D eigenvalue weighted by atomic mass is 9.92. The van der Waals surface area contributed by atoms with Crippen LogP contribution >= 0.6 is 0 Å². The number of hydrogen-bond acceptors (Lipinski definition) is 8. The van der Waals surface area contributed by atoms with Gasteiger partial charge < -0.3 is 20.3 Å². The molecule has 4 heterocycles. The fourth-order valence-corrected chi connectivity index (χ4v) is 6.35. The second-order valence-corrected chi connectivity index (χ2v) is 11.3. The number of nitrogens with one attached hydrogen (secondary N) is 2. The molecule has 2 aromatic rings. The standard InChI is InChI=1S/C24H32N6O4S/c1-17-13-22-27-23(31)20-8-7-19(30-11-12-34-16-35(30,32)33)14-21(20)29-10-4-6-18(15-29)5-2-3-9-25-24(26-17)28-22/h7-8,13-14,18H,2-6,9-12,15-16H2,1H3,(H2,25,26,27,28,31)/t18-/m0/s1. The zero-order chi connectivity index (χ0) is 24.4. The molecule has 2 fully saturated rings. The molecule has 2 saturated heterocycles. The lowest BCUT2D eigenvalue weighted by molar-refractivity contribution is 0.102. The Morgan fingerprint density at radius 1 is 1.09 bits per heavy atom. The Labute approximate surface area is 206 Å². The molecular formula is C24H32N6O4S. The van der Waals surface area contributed by atoms with Crippen molar-refractivity contribution in [2.45, 2.75) is 39.0 Å². The Kier molecular flexibility index (Phi) is 6.79. The molecule has 10 nitrogen and oxygen atoms in total. The number of sulfonamides is 1. The molecule has 0 aliphatic carbocycles. The van der Waals surface area contributed by atoms with E-state index in [1.807, 2.05) is 13.0 Å². The van der Waals surface area contributed by atoms with Gasteiger partial charge in [0.05, 0.1) is 30.1 Å². The number of carbonyl (C=O) groups excluding carboxylic acids is 1. The highest BCUT2D eigenvalue weighted by atomic mass is 32.2. The van der Waals surface area contributed by atoms with Crippen molar-refractivity contribution >= 4 is 39.1 Å². The number of rotatable bonds is 1. The van der Waals surface area contributed by atoms with Crippen molar-refractivity contribution in [3.05, 3.63) is 35.5 Å². The molecule has 11 heteroatoms. The summed E-state index contributed by atoms with van der Waals surface area (Å²) >= 11 is 0. The Balaban J connectivity index is 1.55. The summed E-state index contributed by atoms with van der Waals surface area (Å²) in [5, 5.41) is 6.21. The second kappa shape index (κ2) is 9.98. The molecule has 0 spiro atoms. The molecule has 1 aromatic heterocycles. The normalized spacial score (nSPS) is 22.8. The molecule has 2 N–H and O–H groups in total. The lowest BCUT2D eigenvalue weighted by Crippen LogP contribution is -2.41. The van der Waals surface area contributed by atoms with Crippen LogP contribution in [0.3, 0.4) is 0 Å². The van der Waals surface area contributed by atoms with Crippen LogP contribution in [-0.4, -0.2) is 63.0 Å². The molecule has 0 radical (unpaired) electrons. The smallest absolute Gasteiger partial charge is 0.259 e. The number of carbonyl (C=O) groups is 1. The zero-order valence-corrected chi connectivity index (χ0v) is 20.8. The largest absolute Gasteiger partial charge is 0.371 e. The SMILES string of the molecule is Cc1cc2nc(n1)NCCCC[C@H]1CCCN(C1)c1cc(N3CCOCS3(=O)=O)ccc1C(=O)N2. The molecule has 3 aliphatic rings. The van der Waals surface area contributed by atoms with Crippen LogP contribution < -0.4 is 19.8 Å². The topological polar surface area (TPSA) is 117 Å². The zero-order valence-electron chi connectivity index (χ0n) is 20.0. The van der Waals surface area contributed by atoms with Crippen molar-refractivity contribution in [2.75, 3.05) is 58.6 Å². The first-order chi connectivity index (χ1) is 16.9. The van der Waals surface area contributed by atoms with Crippen LogP contribution in [0, 0.1) is 12.8 Å². The van der Waals surface area contributed by atoms with Crippen LogP contribution in [0.1, 0.15) is 48.2 Å². The first-order valence-electron chi connectivity index (χ1n) is 12.3. The first kappa shape index (κ1) is 23.8. The lowest BCUT2D eigenvalue weighted by Gasteiger charge is -2.36. The van der Waals surface area contributed by atoms with Gasteiger partial charge in [-0.15, -0.1) is 0 Å². The third-order valence-corrected chi connectivity index (χ3v) is 8.33. The molecule has 35 heavy (non-hydrogen) atoms. The van der Waals surface area contributed by atoms with E-state index in [0.29, 0.717) is 35.5 Å². The van der Waals surface area contributed by atoms with Crippen LogP contribution in [-0.2, 0) is 14.8 Å². The molecule has 1 aromatic carbocycles. The van der Waals surface area contributed by atoms with E-state index in [9.17, 15) is 13.2 Å². The Morgan fingerprint density at radius 3 is 2.80 bits per heavy atom. The maximum atomic E-state index is 13.5. The predicted molar refractivity (Wildman–Crippen MR) is 136 cm³/mol. The summed E-state index contributed by atoms with van der Waals surface area (Å²) in [6.45, 7) is 4.92. The van der Waals surface area contributed by atoms with E-state index in [2.05, 4.69) is 25.5 Å². The fraction of sp³-hybridized carbons (Fsp3) is 0.542. The summed E-state index contributed by atoms with van der Waals surface area (Å²) in [5.74, 6) is 0.852. The van der Waals surface area contributed by atoms with Crippen molar-refractivity contribution in [3.63, 3.8) is 0 Å². The van der Waals surface area contributed by atoms with Gasteiger partial charge in [0.2, 0.25) is 5.95 Å². The number of hydrogen-bond donors (Lipinski definition) is 2. The minimum Gasteiger partial charge on any atom is -0.371 e. The van der Waals surface area contributed by atoms with Crippen molar-refractivity contribution in [3.8, 4) is 0 Å². The van der Waals surface area contributed by atoms with Gasteiger partial charge in [0.1, 0.15) is 5.82 Å². The number of amides is 1. The van der Waals surface area contributed by atoms with Crippen LogP contribution in [0.2, 0.25) is 0 Å². The molecule has 1 atom stereocenters. The molecule has 4 bridgehead atoms. The number of piperidine rings is 1. The van der Waals surface area contributed by atoms with E-state index in [1.54, 1.807) is 18.2 Å². The molecule has 0 unspecified atom stereocenters. The average Bonchev–Trinajstić information content (AvgIpc) is 2.83. The van der Waals surface area contributed by atoms with Gasteiger partial charge >= 0.3 is 0 Å². The van der Waals surface area contributed by atoms with E-state index >= 15 is 0 Å². The van der Waals surface area contributed by atoms with E-state index < -0.39 is 10.0 Å². The maximum Gasteiger partial charge on any atom is 0.259 e. The van der Waals surface area contributed by atoms with Gasteiger partial charge in [-0.05, 0) is 56.7 Å². The highest BCUT2D eigenvalue weighted by molar-refractivity contribution is 7.92. The van der Waals surface area contributed by atoms with Gasteiger partial charge in [0.25, 0.3) is 15.9 Å². The number of anilines is 4. The van der Waals surface area contributed by atoms with Gasteiger partial charge in [-0.3, -0.25) is 9.10 Å². The predicted octanol–water partition coefficient (Wildman–Crippen LogP) is 2.97. The van der Waals surface area contributed by atoms with Crippen molar-refractivity contribution in [2.24, 2.45) is 5.92 Å². The quantitative estimate of drug-likeness (QED) is 0.614. The van der Waals surface area contributed by atoms with E-state index in [0.717, 1.165) is 63.1 Å². The summed E-state index contributed by atoms with van der Waals surface area (Å²) in [6, 6.07) is 7.01. The first-order valence-corrected chi connectivity index (χ1v) is 13.9. The number of aromatic nitrogens is 2. The number of nitrogens with zero attached hydrogens (tertiary/aromatic N) is 4. The van der Waals surface area contributed by atoms with Crippen molar-refractivity contribution < 1.29 is 17.9 Å². The van der Waals surface area contributed by atoms with Crippen LogP contribution in [0.25, 0.3) is 0 Å². The summed E-state index contributed by atoms with van der Waals surface area (Å²) < 4.78 is 31.9. The minimum atomic E-state index is -3.56. The maximum absolute atomic E-state index is 13.5. The van der Waals surface area contributed by atoms with E-state index in [-0.39, 0.29) is 18.4 Å². The molecule has 188 valence electrons. The minimum absolute atomic E-state index is 0.256. The average molecular weight is 501 g/mol. The van der Waals surface area contributed by atoms with Gasteiger partial charge in [0, 0.05) is 31.4 Å². The summed E-state index contributed by atoms with van der Waals surface area (Å²) in [6.07, 6.45) is 5.42. The highest BCUT2D eigenvalue weighted by Gasteiger charge is 2.30. The third-order valence-electron chi connectivity index (χ3n) is 6.80. The number of ether oxygens (including phenoxy) is 1. The Hall–Kier alpha value is -2.92. The number of aryl methyl sites for hydroxylation is 1. The number of benzene rings is 1. The highest BCUT2D eigenvalue weighted by Crippen LogP contribution is 2.34. The number of fused-ring (bicyclic) bond motifs is 6.